The molecule has 0 aliphatic heterocycles. The molecule has 0 saturated carbocycles. The Hall–Kier alpha value is -2.84. The van der Waals surface area contributed by atoms with Gasteiger partial charge in [0, 0.05) is 12.1 Å². The summed E-state index contributed by atoms with van der Waals surface area (Å²) in [6, 6.07) is 14.1. The van der Waals surface area contributed by atoms with Crippen LogP contribution < -0.4 is 15.2 Å². The second-order valence-electron chi connectivity index (χ2n) is 4.90. The fourth-order valence-corrected chi connectivity index (χ4v) is 2.41. The molecule has 2 aromatic rings. The molecule has 0 aliphatic rings. The Kier molecular flexibility index (Phi) is 5.34. The number of carbonyl (C=O) groups excluding carboxylic acids is 1. The van der Waals surface area contributed by atoms with Crippen LogP contribution in [0.4, 0.5) is 0 Å². The van der Waals surface area contributed by atoms with Crippen molar-refractivity contribution < 1.29 is 14.3 Å². The zero-order valence-electron chi connectivity index (χ0n) is 13.1. The highest BCUT2D eigenvalue weighted by atomic mass is 16.5. The number of ketones is 1. The molecule has 0 bridgehead atoms. The molecule has 5 heteroatoms. The van der Waals surface area contributed by atoms with E-state index in [0.717, 1.165) is 5.56 Å². The highest BCUT2D eigenvalue weighted by Gasteiger charge is 2.24. The van der Waals surface area contributed by atoms with E-state index in [2.05, 4.69) is 6.07 Å². The number of hydrogen-bond acceptors (Lipinski definition) is 5. The van der Waals surface area contributed by atoms with Crippen LogP contribution >= 0.6 is 0 Å². The summed E-state index contributed by atoms with van der Waals surface area (Å²) in [7, 11) is 3.04. The van der Waals surface area contributed by atoms with Gasteiger partial charge in [-0.05, 0) is 23.3 Å². The first kappa shape index (κ1) is 16.5. The lowest BCUT2D eigenvalue weighted by atomic mass is 9.89. The molecule has 0 amide bonds. The molecule has 0 fully saturated rings. The molecule has 2 rings (SSSR count). The van der Waals surface area contributed by atoms with E-state index >= 15 is 0 Å². The summed E-state index contributed by atoms with van der Waals surface area (Å²) in [5.74, 6) is -0.184. The number of hydrogen-bond donors (Lipinski definition) is 1. The Bertz CT molecular complexity index is 750. The normalized spacial score (nSPS) is 11.4. The zero-order valence-corrected chi connectivity index (χ0v) is 13.1. The number of carbonyl (C=O) groups is 1. The van der Waals surface area contributed by atoms with Gasteiger partial charge in [0.05, 0.1) is 20.3 Å². The number of nitrogens with two attached hydrogens (primary N) is 1. The number of nitriles is 1. The van der Waals surface area contributed by atoms with E-state index in [0.29, 0.717) is 22.6 Å². The van der Waals surface area contributed by atoms with E-state index in [1.54, 1.807) is 36.4 Å². The van der Waals surface area contributed by atoms with Gasteiger partial charge in [0.2, 0.25) is 0 Å². The van der Waals surface area contributed by atoms with Gasteiger partial charge in [-0.25, -0.2) is 0 Å². The first-order chi connectivity index (χ1) is 11.2. The van der Waals surface area contributed by atoms with Crippen LogP contribution in [0.1, 0.15) is 27.4 Å². The number of Topliss-reactive ketones (excluding diaryl/α,β-unsaturated/α-hetero) is 1. The molecule has 2 aromatic carbocycles. The minimum atomic E-state index is -0.928. The number of ether oxygens (including phenoxy) is 2. The van der Waals surface area contributed by atoms with Crippen molar-refractivity contribution in [2.75, 3.05) is 14.2 Å². The van der Waals surface area contributed by atoms with Gasteiger partial charge in [0.25, 0.3) is 0 Å². The minimum Gasteiger partial charge on any atom is -0.493 e. The zero-order chi connectivity index (χ0) is 16.8. The summed E-state index contributed by atoms with van der Waals surface area (Å²) in [6.45, 7) is 0.242. The topological polar surface area (TPSA) is 85.3 Å². The van der Waals surface area contributed by atoms with Crippen molar-refractivity contribution in [3.63, 3.8) is 0 Å². The molecule has 1 unspecified atom stereocenters. The van der Waals surface area contributed by atoms with Crippen LogP contribution in [0.5, 0.6) is 11.5 Å². The molecule has 5 nitrogen and oxygen atoms in total. The third-order valence-corrected chi connectivity index (χ3v) is 3.63. The van der Waals surface area contributed by atoms with E-state index in [-0.39, 0.29) is 12.3 Å². The molecular formula is C18H18N2O3. The molecule has 2 N–H and O–H groups in total. The van der Waals surface area contributed by atoms with Crippen LogP contribution in [0.15, 0.2) is 42.5 Å². The third-order valence-electron chi connectivity index (χ3n) is 3.63. The van der Waals surface area contributed by atoms with Gasteiger partial charge >= 0.3 is 0 Å². The monoisotopic (exact) mass is 310 g/mol. The Labute approximate surface area is 135 Å². The van der Waals surface area contributed by atoms with Gasteiger partial charge < -0.3 is 15.2 Å². The SMILES string of the molecule is COc1ccc(C(C#N)C(=O)c2ccccc2CN)cc1OC. The van der Waals surface area contributed by atoms with Crippen molar-refractivity contribution in [3.05, 3.63) is 59.2 Å². The van der Waals surface area contributed by atoms with Crippen LogP contribution in [-0.4, -0.2) is 20.0 Å². The number of methoxy groups -OCH3 is 2. The van der Waals surface area contributed by atoms with E-state index < -0.39 is 5.92 Å². The average Bonchev–Trinajstić information content (AvgIpc) is 2.61. The van der Waals surface area contributed by atoms with E-state index in [4.69, 9.17) is 15.2 Å². The van der Waals surface area contributed by atoms with Gasteiger partial charge in [0.15, 0.2) is 17.3 Å². The summed E-state index contributed by atoms with van der Waals surface area (Å²) in [5.41, 5.74) is 7.43. The smallest absolute Gasteiger partial charge is 0.184 e. The summed E-state index contributed by atoms with van der Waals surface area (Å²) in [5, 5.41) is 9.49. The Morgan fingerprint density at radius 1 is 1.17 bits per heavy atom. The fraction of sp³-hybridized carbons (Fsp3) is 0.222. The summed E-state index contributed by atoms with van der Waals surface area (Å²) >= 11 is 0. The highest BCUT2D eigenvalue weighted by Crippen LogP contribution is 2.32. The predicted molar refractivity (Wildman–Crippen MR) is 86.6 cm³/mol. The quantitative estimate of drug-likeness (QED) is 0.829. The van der Waals surface area contributed by atoms with Crippen LogP contribution in [0.2, 0.25) is 0 Å². The fourth-order valence-electron chi connectivity index (χ4n) is 2.41. The van der Waals surface area contributed by atoms with Crippen molar-refractivity contribution in [1.82, 2.24) is 0 Å². The number of rotatable bonds is 6. The first-order valence-electron chi connectivity index (χ1n) is 7.10. The number of benzene rings is 2. The Morgan fingerprint density at radius 2 is 1.87 bits per heavy atom. The minimum absolute atomic E-state index is 0.242. The highest BCUT2D eigenvalue weighted by molar-refractivity contribution is 6.03. The van der Waals surface area contributed by atoms with E-state index in [1.165, 1.54) is 14.2 Å². The lowest BCUT2D eigenvalue weighted by molar-refractivity contribution is 0.0978. The van der Waals surface area contributed by atoms with Crippen molar-refractivity contribution in [1.29, 1.82) is 5.26 Å². The van der Waals surface area contributed by atoms with Crippen molar-refractivity contribution in [2.45, 2.75) is 12.5 Å². The van der Waals surface area contributed by atoms with Crippen molar-refractivity contribution >= 4 is 5.78 Å². The van der Waals surface area contributed by atoms with Gasteiger partial charge in [-0.1, -0.05) is 30.3 Å². The maximum Gasteiger partial charge on any atom is 0.184 e. The lowest BCUT2D eigenvalue weighted by Crippen LogP contribution is -2.15. The molecule has 0 spiro atoms. The molecule has 1 atom stereocenters. The van der Waals surface area contributed by atoms with Gasteiger partial charge in [-0.3, -0.25) is 4.79 Å². The van der Waals surface area contributed by atoms with Crippen LogP contribution in [0.3, 0.4) is 0 Å². The van der Waals surface area contributed by atoms with Crippen molar-refractivity contribution in [3.8, 4) is 17.6 Å². The standard InChI is InChI=1S/C18H18N2O3/c1-22-16-8-7-12(9-17(16)23-2)15(11-20)18(21)14-6-4-3-5-13(14)10-19/h3-9,15H,10,19H2,1-2H3. The van der Waals surface area contributed by atoms with E-state index in [1.807, 2.05) is 6.07 Å². The van der Waals surface area contributed by atoms with Crippen LogP contribution in [0, 0.1) is 11.3 Å². The van der Waals surface area contributed by atoms with Crippen LogP contribution in [-0.2, 0) is 6.54 Å². The summed E-state index contributed by atoms with van der Waals surface area (Å²) < 4.78 is 10.4. The summed E-state index contributed by atoms with van der Waals surface area (Å²) in [6.07, 6.45) is 0. The molecule has 23 heavy (non-hydrogen) atoms. The Balaban J connectivity index is 2.44. The molecule has 0 radical (unpaired) electrons. The molecule has 118 valence electrons. The van der Waals surface area contributed by atoms with Crippen molar-refractivity contribution in [2.24, 2.45) is 5.73 Å². The molecule has 0 heterocycles. The summed E-state index contributed by atoms with van der Waals surface area (Å²) in [4.78, 5) is 12.8. The van der Waals surface area contributed by atoms with Gasteiger partial charge in [-0.15, -0.1) is 0 Å². The second-order valence-corrected chi connectivity index (χ2v) is 4.90. The first-order valence-corrected chi connectivity index (χ1v) is 7.10. The van der Waals surface area contributed by atoms with Crippen LogP contribution in [0.25, 0.3) is 0 Å². The maximum absolute atomic E-state index is 12.8. The van der Waals surface area contributed by atoms with E-state index in [9.17, 15) is 10.1 Å². The molecular weight excluding hydrogens is 292 g/mol. The molecule has 0 aromatic heterocycles. The predicted octanol–water partition coefficient (Wildman–Crippen LogP) is 2.65. The average molecular weight is 310 g/mol. The Morgan fingerprint density at radius 3 is 2.48 bits per heavy atom. The largest absolute Gasteiger partial charge is 0.493 e. The molecule has 0 aliphatic carbocycles. The van der Waals surface area contributed by atoms with Gasteiger partial charge in [-0.2, -0.15) is 5.26 Å². The molecule has 0 saturated heterocycles. The van der Waals surface area contributed by atoms with Gasteiger partial charge in [0.1, 0.15) is 5.92 Å². The number of nitrogens with zero attached hydrogens (tertiary/aromatic N) is 1. The third kappa shape index (κ3) is 3.33. The second kappa shape index (κ2) is 7.43. The maximum atomic E-state index is 12.8. The lowest BCUT2D eigenvalue weighted by Gasteiger charge is -2.14.